The molecule has 0 bridgehead atoms. The van der Waals surface area contributed by atoms with Crippen LogP contribution in [-0.4, -0.2) is 14.8 Å². The quantitative estimate of drug-likeness (QED) is 0.536. The summed E-state index contributed by atoms with van der Waals surface area (Å²) in [7, 11) is 0. The SMILES string of the molecule is CC(C)n1nc(-c2ccc(-c3ccccn3)s2)c2ccccc2c1=O. The van der Waals surface area contributed by atoms with E-state index in [0.717, 1.165) is 26.5 Å². The minimum Gasteiger partial charge on any atom is -0.267 e. The number of rotatable bonds is 3. The number of benzene rings is 1. The third-order valence-electron chi connectivity index (χ3n) is 4.07. The van der Waals surface area contributed by atoms with E-state index in [1.54, 1.807) is 22.2 Å². The Labute approximate surface area is 149 Å². The molecule has 0 aliphatic heterocycles. The van der Waals surface area contributed by atoms with E-state index in [2.05, 4.69) is 22.2 Å². The van der Waals surface area contributed by atoms with Crippen molar-refractivity contribution in [1.82, 2.24) is 14.8 Å². The highest BCUT2D eigenvalue weighted by molar-refractivity contribution is 7.18. The van der Waals surface area contributed by atoms with Crippen LogP contribution < -0.4 is 5.56 Å². The average Bonchev–Trinajstić information content (AvgIpc) is 3.13. The summed E-state index contributed by atoms with van der Waals surface area (Å²) in [5, 5.41) is 6.26. The zero-order valence-corrected chi connectivity index (χ0v) is 14.8. The van der Waals surface area contributed by atoms with Crippen molar-refractivity contribution in [2.45, 2.75) is 19.9 Å². The van der Waals surface area contributed by atoms with Crippen LogP contribution in [0.1, 0.15) is 19.9 Å². The molecular weight excluding hydrogens is 330 g/mol. The van der Waals surface area contributed by atoms with Crippen molar-refractivity contribution in [1.29, 1.82) is 0 Å². The molecule has 3 aromatic heterocycles. The highest BCUT2D eigenvalue weighted by atomic mass is 32.1. The average molecular weight is 347 g/mol. The molecule has 124 valence electrons. The van der Waals surface area contributed by atoms with Gasteiger partial charge in [-0.15, -0.1) is 11.3 Å². The molecule has 0 radical (unpaired) electrons. The minimum absolute atomic E-state index is 0.00563. The van der Waals surface area contributed by atoms with E-state index >= 15 is 0 Å². The molecule has 0 unspecified atom stereocenters. The second-order valence-corrected chi connectivity index (χ2v) is 7.20. The summed E-state index contributed by atoms with van der Waals surface area (Å²) in [6.07, 6.45) is 1.79. The van der Waals surface area contributed by atoms with Crippen LogP contribution in [0.2, 0.25) is 0 Å². The lowest BCUT2D eigenvalue weighted by atomic mass is 10.1. The van der Waals surface area contributed by atoms with Gasteiger partial charge in [0.15, 0.2) is 0 Å². The second kappa shape index (κ2) is 6.26. The third kappa shape index (κ3) is 2.76. The lowest BCUT2D eigenvalue weighted by molar-refractivity contribution is 0.510. The molecule has 5 heteroatoms. The fourth-order valence-corrected chi connectivity index (χ4v) is 3.83. The Morgan fingerprint density at radius 3 is 2.36 bits per heavy atom. The molecule has 0 spiro atoms. The van der Waals surface area contributed by atoms with Gasteiger partial charge in [0.1, 0.15) is 5.69 Å². The van der Waals surface area contributed by atoms with Crippen molar-refractivity contribution >= 4 is 22.1 Å². The summed E-state index contributed by atoms with van der Waals surface area (Å²) in [6.45, 7) is 3.95. The Balaban J connectivity index is 1.94. The van der Waals surface area contributed by atoms with Gasteiger partial charge in [-0.25, -0.2) is 4.68 Å². The van der Waals surface area contributed by atoms with Crippen LogP contribution in [0.4, 0.5) is 0 Å². The number of fused-ring (bicyclic) bond motifs is 1. The van der Waals surface area contributed by atoms with E-state index < -0.39 is 0 Å². The van der Waals surface area contributed by atoms with Crippen LogP contribution >= 0.6 is 11.3 Å². The Kier molecular flexibility index (Phi) is 3.93. The number of thiophene rings is 1. The maximum Gasteiger partial charge on any atom is 0.274 e. The van der Waals surface area contributed by atoms with Gasteiger partial charge in [-0.3, -0.25) is 9.78 Å². The summed E-state index contributed by atoms with van der Waals surface area (Å²) in [5.41, 5.74) is 1.74. The molecular formula is C20H17N3OS. The van der Waals surface area contributed by atoms with Gasteiger partial charge in [0.2, 0.25) is 0 Å². The lowest BCUT2D eigenvalue weighted by Crippen LogP contribution is -2.25. The Morgan fingerprint density at radius 2 is 1.64 bits per heavy atom. The number of aromatic nitrogens is 3. The number of pyridine rings is 1. The molecule has 4 aromatic rings. The fraction of sp³-hybridized carbons (Fsp3) is 0.150. The van der Waals surface area contributed by atoms with E-state index in [9.17, 15) is 4.79 Å². The molecule has 3 heterocycles. The minimum atomic E-state index is -0.0455. The maximum absolute atomic E-state index is 12.7. The predicted molar refractivity (Wildman–Crippen MR) is 103 cm³/mol. The molecule has 0 amide bonds. The summed E-state index contributed by atoms with van der Waals surface area (Å²) in [4.78, 5) is 19.2. The van der Waals surface area contributed by atoms with Gasteiger partial charge in [-0.2, -0.15) is 5.10 Å². The Hall–Kier alpha value is -2.79. The van der Waals surface area contributed by atoms with Crippen molar-refractivity contribution in [3.63, 3.8) is 0 Å². The van der Waals surface area contributed by atoms with Gasteiger partial charge < -0.3 is 0 Å². The zero-order valence-electron chi connectivity index (χ0n) is 14.0. The number of nitrogens with zero attached hydrogens (tertiary/aromatic N) is 3. The van der Waals surface area contributed by atoms with E-state index in [-0.39, 0.29) is 11.6 Å². The second-order valence-electron chi connectivity index (χ2n) is 6.12. The molecule has 0 saturated carbocycles. The standard InChI is InChI=1S/C20H17N3OS/c1-13(2)23-20(24)15-8-4-3-7-14(15)19(22-23)18-11-10-17(25-18)16-9-5-6-12-21-16/h3-13H,1-2H3. The highest BCUT2D eigenvalue weighted by Crippen LogP contribution is 2.35. The van der Waals surface area contributed by atoms with Crippen molar-refractivity contribution in [2.75, 3.05) is 0 Å². The predicted octanol–water partition coefficient (Wildman–Crippen LogP) is 4.77. The first-order chi connectivity index (χ1) is 12.1. The van der Waals surface area contributed by atoms with Crippen molar-refractivity contribution in [3.05, 3.63) is 71.1 Å². The molecule has 0 aliphatic carbocycles. The Bertz CT molecular complexity index is 1100. The lowest BCUT2D eigenvalue weighted by Gasteiger charge is -2.12. The van der Waals surface area contributed by atoms with Crippen LogP contribution in [0.3, 0.4) is 0 Å². The normalized spacial score (nSPS) is 11.3. The number of hydrogen-bond donors (Lipinski definition) is 0. The molecule has 1 aromatic carbocycles. The van der Waals surface area contributed by atoms with E-state index in [1.165, 1.54) is 0 Å². The molecule has 0 atom stereocenters. The van der Waals surface area contributed by atoms with Gasteiger partial charge in [0.05, 0.1) is 26.9 Å². The molecule has 4 rings (SSSR count). The smallest absolute Gasteiger partial charge is 0.267 e. The molecule has 4 nitrogen and oxygen atoms in total. The molecule has 0 N–H and O–H groups in total. The summed E-state index contributed by atoms with van der Waals surface area (Å²) >= 11 is 1.64. The monoisotopic (exact) mass is 347 g/mol. The maximum atomic E-state index is 12.7. The molecule has 25 heavy (non-hydrogen) atoms. The van der Waals surface area contributed by atoms with Crippen molar-refractivity contribution < 1.29 is 0 Å². The van der Waals surface area contributed by atoms with E-state index in [4.69, 9.17) is 0 Å². The summed E-state index contributed by atoms with van der Waals surface area (Å²) < 4.78 is 1.57. The largest absolute Gasteiger partial charge is 0.274 e. The summed E-state index contributed by atoms with van der Waals surface area (Å²) in [5.74, 6) is 0. The van der Waals surface area contributed by atoms with Crippen LogP contribution in [-0.2, 0) is 0 Å². The van der Waals surface area contributed by atoms with Crippen molar-refractivity contribution in [2.24, 2.45) is 0 Å². The van der Waals surface area contributed by atoms with Crippen LogP contribution in [0.15, 0.2) is 65.6 Å². The highest BCUT2D eigenvalue weighted by Gasteiger charge is 2.15. The van der Waals surface area contributed by atoms with E-state index in [1.807, 2.05) is 56.3 Å². The summed E-state index contributed by atoms with van der Waals surface area (Å²) in [6, 6.07) is 17.7. The van der Waals surface area contributed by atoms with Crippen LogP contribution in [0.25, 0.3) is 31.9 Å². The first-order valence-electron chi connectivity index (χ1n) is 8.18. The zero-order chi connectivity index (χ0) is 17.4. The molecule has 0 fully saturated rings. The first kappa shape index (κ1) is 15.7. The van der Waals surface area contributed by atoms with Gasteiger partial charge in [-0.05, 0) is 44.2 Å². The van der Waals surface area contributed by atoms with Gasteiger partial charge in [-0.1, -0.05) is 24.3 Å². The first-order valence-corrected chi connectivity index (χ1v) is 9.00. The number of hydrogen-bond acceptors (Lipinski definition) is 4. The third-order valence-corrected chi connectivity index (χ3v) is 5.19. The van der Waals surface area contributed by atoms with Gasteiger partial charge >= 0.3 is 0 Å². The van der Waals surface area contributed by atoms with Gasteiger partial charge in [0.25, 0.3) is 5.56 Å². The molecule has 0 saturated heterocycles. The topological polar surface area (TPSA) is 47.8 Å². The van der Waals surface area contributed by atoms with E-state index in [0.29, 0.717) is 5.39 Å². The van der Waals surface area contributed by atoms with Crippen LogP contribution in [0, 0.1) is 0 Å². The van der Waals surface area contributed by atoms with Crippen LogP contribution in [0.5, 0.6) is 0 Å². The fourth-order valence-electron chi connectivity index (χ4n) is 2.85. The Morgan fingerprint density at radius 1 is 0.920 bits per heavy atom. The van der Waals surface area contributed by atoms with Crippen molar-refractivity contribution in [3.8, 4) is 21.1 Å². The molecule has 0 aliphatic rings. The van der Waals surface area contributed by atoms with Gasteiger partial charge in [0, 0.05) is 11.6 Å².